The van der Waals surface area contributed by atoms with Gasteiger partial charge in [0.25, 0.3) is 5.95 Å². The Hall–Kier alpha value is -1.58. The molecule has 1 rings (SSSR count). The second-order valence-corrected chi connectivity index (χ2v) is 2.77. The van der Waals surface area contributed by atoms with E-state index in [4.69, 9.17) is 9.47 Å². The summed E-state index contributed by atoms with van der Waals surface area (Å²) in [5.41, 5.74) is 1.21. The maximum absolute atomic E-state index is 4.91. The molecule has 0 aromatic carbocycles. The minimum Gasteiger partial charge on any atom is -0.468 e. The fourth-order valence-electron chi connectivity index (χ4n) is 1.09. The molecular weight excluding hydrogens is 180 g/mol. The van der Waals surface area contributed by atoms with Crippen molar-refractivity contribution < 1.29 is 9.47 Å². The van der Waals surface area contributed by atoms with Gasteiger partial charge in [-0.25, -0.2) is 0 Å². The van der Waals surface area contributed by atoms with Gasteiger partial charge in [0.1, 0.15) is 0 Å². The molecular formula is C10H16N2O2. The molecule has 0 saturated carbocycles. The topological polar surface area (TPSA) is 46.3 Å². The van der Waals surface area contributed by atoms with E-state index in [9.17, 15) is 0 Å². The molecule has 0 radical (unpaired) electrons. The van der Waals surface area contributed by atoms with Gasteiger partial charge in [-0.2, -0.15) is 0 Å². The molecule has 0 bridgehead atoms. The fourth-order valence-corrected chi connectivity index (χ4v) is 1.09. The van der Waals surface area contributed by atoms with Crippen molar-refractivity contribution in [1.82, 2.24) is 10.3 Å². The van der Waals surface area contributed by atoms with Crippen LogP contribution < -0.4 is 5.32 Å². The van der Waals surface area contributed by atoms with E-state index in [2.05, 4.69) is 16.4 Å². The molecule has 0 unspecified atom stereocenters. The van der Waals surface area contributed by atoms with Crippen LogP contribution in [-0.4, -0.2) is 25.7 Å². The van der Waals surface area contributed by atoms with Crippen molar-refractivity contribution in [3.05, 3.63) is 36.2 Å². The first-order valence-electron chi connectivity index (χ1n) is 4.50. The average molecular weight is 196 g/mol. The number of H-pyrrole nitrogens is 1. The van der Waals surface area contributed by atoms with Crippen LogP contribution in [0.2, 0.25) is 0 Å². The van der Waals surface area contributed by atoms with Crippen molar-refractivity contribution in [1.29, 1.82) is 0 Å². The first-order chi connectivity index (χ1) is 6.86. The lowest BCUT2D eigenvalue weighted by molar-refractivity contribution is 0.0931. The molecule has 4 heteroatoms. The van der Waals surface area contributed by atoms with E-state index in [-0.39, 0.29) is 0 Å². The first-order valence-corrected chi connectivity index (χ1v) is 4.50. The van der Waals surface area contributed by atoms with Gasteiger partial charge in [0, 0.05) is 24.9 Å². The van der Waals surface area contributed by atoms with Crippen LogP contribution in [0.3, 0.4) is 0 Å². The molecule has 0 aliphatic carbocycles. The molecule has 2 N–H and O–H groups in total. The Morgan fingerprint density at radius 2 is 2.29 bits per heavy atom. The second kappa shape index (κ2) is 5.96. The summed E-state index contributed by atoms with van der Waals surface area (Å²) in [6.07, 6.45) is 4.58. The molecule has 0 saturated heterocycles. The van der Waals surface area contributed by atoms with Crippen molar-refractivity contribution in [2.24, 2.45) is 0 Å². The SMILES string of the molecule is COC(=CNCCc1ccc[nH]1)OC. The van der Waals surface area contributed by atoms with Gasteiger partial charge < -0.3 is 19.8 Å². The normalized spacial score (nSPS) is 9.29. The highest BCUT2D eigenvalue weighted by molar-refractivity contribution is 5.03. The zero-order valence-electron chi connectivity index (χ0n) is 8.54. The van der Waals surface area contributed by atoms with E-state index >= 15 is 0 Å². The van der Waals surface area contributed by atoms with Crippen LogP contribution >= 0.6 is 0 Å². The highest BCUT2D eigenvalue weighted by Gasteiger charge is 1.93. The maximum atomic E-state index is 4.91. The van der Waals surface area contributed by atoms with Crippen LogP contribution in [0.25, 0.3) is 0 Å². The summed E-state index contributed by atoms with van der Waals surface area (Å²) in [4.78, 5) is 3.13. The summed E-state index contributed by atoms with van der Waals surface area (Å²) in [5.74, 6) is 0.483. The third kappa shape index (κ3) is 3.43. The first kappa shape index (κ1) is 10.5. The number of nitrogens with one attached hydrogen (secondary N) is 2. The summed E-state index contributed by atoms with van der Waals surface area (Å²) in [7, 11) is 3.14. The van der Waals surface area contributed by atoms with E-state index < -0.39 is 0 Å². The van der Waals surface area contributed by atoms with Crippen LogP contribution in [0.15, 0.2) is 30.5 Å². The van der Waals surface area contributed by atoms with Crippen molar-refractivity contribution in [3.63, 3.8) is 0 Å². The van der Waals surface area contributed by atoms with Gasteiger partial charge >= 0.3 is 0 Å². The number of hydrogen-bond acceptors (Lipinski definition) is 3. The van der Waals surface area contributed by atoms with E-state index in [1.54, 1.807) is 20.4 Å². The predicted octanol–water partition coefficient (Wildman–Crippen LogP) is 1.24. The molecule has 0 aliphatic heterocycles. The smallest absolute Gasteiger partial charge is 0.295 e. The molecule has 0 spiro atoms. The summed E-state index contributed by atoms with van der Waals surface area (Å²) < 4.78 is 9.81. The van der Waals surface area contributed by atoms with Crippen LogP contribution in [0, 0.1) is 0 Å². The number of hydrogen-bond donors (Lipinski definition) is 2. The molecule has 78 valence electrons. The van der Waals surface area contributed by atoms with Crippen molar-refractivity contribution in [2.45, 2.75) is 6.42 Å². The molecule has 1 heterocycles. The van der Waals surface area contributed by atoms with Gasteiger partial charge in [0.2, 0.25) is 0 Å². The van der Waals surface area contributed by atoms with Crippen LogP contribution in [-0.2, 0) is 15.9 Å². The number of rotatable bonds is 6. The maximum Gasteiger partial charge on any atom is 0.295 e. The van der Waals surface area contributed by atoms with Gasteiger partial charge in [-0.05, 0) is 12.1 Å². The minimum atomic E-state index is 0.483. The Bertz CT molecular complexity index is 262. The predicted molar refractivity (Wildman–Crippen MR) is 54.6 cm³/mol. The second-order valence-electron chi connectivity index (χ2n) is 2.77. The monoisotopic (exact) mass is 196 g/mol. The zero-order chi connectivity index (χ0) is 10.2. The molecule has 0 aliphatic rings. The summed E-state index contributed by atoms with van der Waals surface area (Å²) in [6, 6.07) is 4.04. The van der Waals surface area contributed by atoms with E-state index in [1.807, 2.05) is 12.3 Å². The zero-order valence-corrected chi connectivity index (χ0v) is 8.54. The Morgan fingerprint density at radius 1 is 1.50 bits per heavy atom. The number of aromatic nitrogens is 1. The molecule has 4 nitrogen and oxygen atoms in total. The highest BCUT2D eigenvalue weighted by atomic mass is 16.7. The van der Waals surface area contributed by atoms with Gasteiger partial charge in [-0.15, -0.1) is 0 Å². The number of ether oxygens (including phenoxy) is 2. The van der Waals surface area contributed by atoms with Crippen LogP contribution in [0.4, 0.5) is 0 Å². The molecule has 0 amide bonds. The Balaban J connectivity index is 2.18. The van der Waals surface area contributed by atoms with Crippen LogP contribution in [0.1, 0.15) is 5.69 Å². The van der Waals surface area contributed by atoms with Crippen molar-refractivity contribution >= 4 is 0 Å². The average Bonchev–Trinajstić information content (AvgIpc) is 2.71. The Morgan fingerprint density at radius 3 is 2.86 bits per heavy atom. The third-order valence-electron chi connectivity index (χ3n) is 1.82. The van der Waals surface area contributed by atoms with Gasteiger partial charge in [0.15, 0.2) is 0 Å². The minimum absolute atomic E-state index is 0.483. The highest BCUT2D eigenvalue weighted by Crippen LogP contribution is 1.95. The van der Waals surface area contributed by atoms with Crippen molar-refractivity contribution in [2.75, 3.05) is 20.8 Å². The molecule has 14 heavy (non-hydrogen) atoms. The standard InChI is InChI=1S/C10H16N2O2/c1-13-10(14-2)8-11-7-5-9-4-3-6-12-9/h3-4,6,8,11-12H,5,7H2,1-2H3. The molecule has 0 atom stereocenters. The van der Waals surface area contributed by atoms with E-state index in [0.29, 0.717) is 5.95 Å². The van der Waals surface area contributed by atoms with Gasteiger partial charge in [-0.1, -0.05) is 0 Å². The lowest BCUT2D eigenvalue weighted by atomic mass is 10.3. The van der Waals surface area contributed by atoms with Crippen molar-refractivity contribution in [3.8, 4) is 0 Å². The van der Waals surface area contributed by atoms with Gasteiger partial charge in [-0.3, -0.25) is 0 Å². The van der Waals surface area contributed by atoms with E-state index in [1.165, 1.54) is 5.69 Å². The fraction of sp³-hybridized carbons (Fsp3) is 0.400. The lowest BCUT2D eigenvalue weighted by Crippen LogP contribution is -2.12. The lowest BCUT2D eigenvalue weighted by Gasteiger charge is -2.04. The molecule has 0 fully saturated rings. The van der Waals surface area contributed by atoms with Gasteiger partial charge in [0.05, 0.1) is 20.4 Å². The molecule has 1 aromatic rings. The summed E-state index contributed by atoms with van der Waals surface area (Å²) in [6.45, 7) is 0.844. The largest absolute Gasteiger partial charge is 0.468 e. The Kier molecular flexibility index (Phi) is 4.47. The third-order valence-corrected chi connectivity index (χ3v) is 1.82. The molecule has 1 aromatic heterocycles. The summed E-state index contributed by atoms with van der Waals surface area (Å²) in [5, 5.41) is 3.09. The summed E-state index contributed by atoms with van der Waals surface area (Å²) >= 11 is 0. The van der Waals surface area contributed by atoms with Crippen LogP contribution in [0.5, 0.6) is 0 Å². The number of aromatic amines is 1. The Labute approximate surface area is 83.9 Å². The number of methoxy groups -OCH3 is 2. The van der Waals surface area contributed by atoms with E-state index in [0.717, 1.165) is 13.0 Å². The quantitative estimate of drug-likeness (QED) is 0.531.